The molecule has 0 aromatic carbocycles. The maximum absolute atomic E-state index is 9.46. The number of aliphatic hydroxyl groups excluding tert-OH is 1. The zero-order chi connectivity index (χ0) is 9.14. The molecule has 1 rings (SSSR count). The lowest BCUT2D eigenvalue weighted by atomic mass is 10.0. The van der Waals surface area contributed by atoms with Gasteiger partial charge in [-0.25, -0.2) is 0 Å². The molecule has 0 fully saturated rings. The summed E-state index contributed by atoms with van der Waals surface area (Å²) in [7, 11) is 0. The second kappa shape index (κ2) is 3.38. The lowest BCUT2D eigenvalue weighted by Gasteiger charge is -2.07. The van der Waals surface area contributed by atoms with Crippen LogP contribution < -0.4 is 0 Å². The van der Waals surface area contributed by atoms with Gasteiger partial charge in [-0.1, -0.05) is 17.7 Å². The van der Waals surface area contributed by atoms with Gasteiger partial charge in [-0.3, -0.25) is 0 Å². The first-order valence-corrected chi connectivity index (χ1v) is 3.80. The predicted molar refractivity (Wildman–Crippen MR) is 47.2 cm³/mol. The summed E-state index contributed by atoms with van der Waals surface area (Å²) < 4.78 is 0. The van der Waals surface area contributed by atoms with Crippen LogP contribution in [0.5, 0.6) is 0 Å². The Labute approximate surface area is 72.1 Å². The third-order valence-electron chi connectivity index (χ3n) is 1.82. The summed E-state index contributed by atoms with van der Waals surface area (Å²) in [6.07, 6.45) is 4.38. The van der Waals surface area contributed by atoms with E-state index in [2.05, 4.69) is 0 Å². The average molecular weight is 161 g/mol. The number of hydrogen-bond donors (Lipinski definition) is 1. The molecule has 0 bridgehead atoms. The SMILES string of the molecule is CC(C)=C1C(=CC#N)C=CC1O. The highest BCUT2D eigenvalue weighted by molar-refractivity contribution is 5.53. The fourth-order valence-electron chi connectivity index (χ4n) is 1.33. The van der Waals surface area contributed by atoms with Crippen molar-refractivity contribution >= 4 is 0 Å². The number of nitriles is 1. The van der Waals surface area contributed by atoms with Crippen LogP contribution in [0.1, 0.15) is 13.8 Å². The van der Waals surface area contributed by atoms with E-state index in [1.54, 1.807) is 12.2 Å². The van der Waals surface area contributed by atoms with Crippen molar-refractivity contribution in [1.82, 2.24) is 0 Å². The Morgan fingerprint density at radius 1 is 1.67 bits per heavy atom. The molecular weight excluding hydrogens is 150 g/mol. The molecule has 0 spiro atoms. The molecule has 62 valence electrons. The minimum atomic E-state index is -0.533. The second-order valence-electron chi connectivity index (χ2n) is 2.95. The largest absolute Gasteiger partial charge is 0.384 e. The van der Waals surface area contributed by atoms with E-state index >= 15 is 0 Å². The quantitative estimate of drug-likeness (QED) is 0.549. The van der Waals surface area contributed by atoms with Crippen molar-refractivity contribution < 1.29 is 5.11 Å². The standard InChI is InChI=1S/C10H11NO/c1-7(2)10-8(5-6-11)3-4-9(10)12/h3-5,9,12H,1-2H3. The van der Waals surface area contributed by atoms with Crippen LogP contribution in [0.3, 0.4) is 0 Å². The van der Waals surface area contributed by atoms with E-state index < -0.39 is 6.10 Å². The summed E-state index contributed by atoms with van der Waals surface area (Å²) in [6, 6.07) is 1.96. The molecule has 0 saturated heterocycles. The number of allylic oxidation sites excluding steroid dienone is 3. The van der Waals surface area contributed by atoms with Crippen molar-refractivity contribution in [3.8, 4) is 6.07 Å². The molecule has 2 nitrogen and oxygen atoms in total. The Morgan fingerprint density at radius 3 is 2.83 bits per heavy atom. The minimum absolute atomic E-state index is 0.533. The number of aliphatic hydroxyl groups is 1. The first-order valence-electron chi connectivity index (χ1n) is 3.80. The molecule has 12 heavy (non-hydrogen) atoms. The van der Waals surface area contributed by atoms with Gasteiger partial charge in [-0.15, -0.1) is 0 Å². The van der Waals surface area contributed by atoms with Crippen molar-refractivity contribution in [3.05, 3.63) is 34.9 Å². The Bertz CT molecular complexity index is 311. The van der Waals surface area contributed by atoms with E-state index in [4.69, 9.17) is 5.26 Å². The molecule has 1 aliphatic rings. The van der Waals surface area contributed by atoms with Gasteiger partial charge in [0.1, 0.15) is 0 Å². The van der Waals surface area contributed by atoms with Gasteiger partial charge in [0, 0.05) is 6.08 Å². The summed E-state index contributed by atoms with van der Waals surface area (Å²) >= 11 is 0. The van der Waals surface area contributed by atoms with Gasteiger partial charge in [-0.2, -0.15) is 5.26 Å². The van der Waals surface area contributed by atoms with Gasteiger partial charge in [0.05, 0.1) is 12.2 Å². The lowest BCUT2D eigenvalue weighted by molar-refractivity contribution is 0.265. The monoisotopic (exact) mass is 161 g/mol. The summed E-state index contributed by atoms with van der Waals surface area (Å²) in [4.78, 5) is 0. The second-order valence-corrected chi connectivity index (χ2v) is 2.95. The molecule has 1 unspecified atom stereocenters. The zero-order valence-corrected chi connectivity index (χ0v) is 7.20. The van der Waals surface area contributed by atoms with E-state index in [0.29, 0.717) is 0 Å². The summed E-state index contributed by atoms with van der Waals surface area (Å²) in [5, 5.41) is 17.9. The molecule has 0 aromatic rings. The van der Waals surface area contributed by atoms with Crippen LogP contribution in [0, 0.1) is 11.3 Å². The van der Waals surface area contributed by atoms with Gasteiger partial charge >= 0.3 is 0 Å². The van der Waals surface area contributed by atoms with Gasteiger partial charge in [-0.05, 0) is 25.0 Å². The molecule has 2 heteroatoms. The first kappa shape index (κ1) is 8.76. The summed E-state index contributed by atoms with van der Waals surface area (Å²) in [5.74, 6) is 0. The fraction of sp³-hybridized carbons (Fsp3) is 0.300. The summed E-state index contributed by atoms with van der Waals surface area (Å²) in [5.41, 5.74) is 2.73. The third kappa shape index (κ3) is 1.46. The van der Waals surface area contributed by atoms with Crippen LogP contribution in [0.25, 0.3) is 0 Å². The van der Waals surface area contributed by atoms with Gasteiger partial charge in [0.25, 0.3) is 0 Å². The van der Waals surface area contributed by atoms with E-state index in [0.717, 1.165) is 16.7 Å². The maximum Gasteiger partial charge on any atom is 0.0980 e. The molecule has 0 heterocycles. The molecule has 0 radical (unpaired) electrons. The normalized spacial score (nSPS) is 24.7. The molecule has 1 N–H and O–H groups in total. The number of nitrogens with zero attached hydrogens (tertiary/aromatic N) is 1. The van der Waals surface area contributed by atoms with Crippen LogP contribution in [0.4, 0.5) is 0 Å². The Kier molecular flexibility index (Phi) is 2.47. The molecule has 1 aliphatic carbocycles. The Hall–Kier alpha value is -1.33. The Balaban J connectivity index is 3.11. The van der Waals surface area contributed by atoms with Crippen LogP contribution in [-0.4, -0.2) is 11.2 Å². The highest BCUT2D eigenvalue weighted by atomic mass is 16.3. The van der Waals surface area contributed by atoms with Crippen molar-refractivity contribution in [2.75, 3.05) is 0 Å². The first-order chi connectivity index (χ1) is 5.66. The highest BCUT2D eigenvalue weighted by Gasteiger charge is 2.17. The van der Waals surface area contributed by atoms with Crippen molar-refractivity contribution in [1.29, 1.82) is 5.26 Å². The maximum atomic E-state index is 9.46. The zero-order valence-electron chi connectivity index (χ0n) is 7.20. The Morgan fingerprint density at radius 2 is 2.33 bits per heavy atom. The fourth-order valence-corrected chi connectivity index (χ4v) is 1.33. The van der Waals surface area contributed by atoms with Gasteiger partial charge in [0.2, 0.25) is 0 Å². The molecule has 0 aliphatic heterocycles. The van der Waals surface area contributed by atoms with Gasteiger partial charge < -0.3 is 5.11 Å². The number of rotatable bonds is 0. The molecule has 0 amide bonds. The highest BCUT2D eigenvalue weighted by Crippen LogP contribution is 2.26. The lowest BCUT2D eigenvalue weighted by Crippen LogP contribution is -2.03. The minimum Gasteiger partial charge on any atom is -0.384 e. The smallest absolute Gasteiger partial charge is 0.0980 e. The van der Waals surface area contributed by atoms with Crippen molar-refractivity contribution in [3.63, 3.8) is 0 Å². The van der Waals surface area contributed by atoms with Crippen LogP contribution in [-0.2, 0) is 0 Å². The van der Waals surface area contributed by atoms with Crippen LogP contribution in [0.15, 0.2) is 34.9 Å². The van der Waals surface area contributed by atoms with Crippen molar-refractivity contribution in [2.24, 2.45) is 0 Å². The van der Waals surface area contributed by atoms with E-state index in [9.17, 15) is 5.11 Å². The van der Waals surface area contributed by atoms with Gasteiger partial charge in [0.15, 0.2) is 0 Å². The van der Waals surface area contributed by atoms with Crippen molar-refractivity contribution in [2.45, 2.75) is 20.0 Å². The molecular formula is C10H11NO. The molecule has 0 saturated carbocycles. The van der Waals surface area contributed by atoms with Crippen LogP contribution in [0.2, 0.25) is 0 Å². The van der Waals surface area contributed by atoms with E-state index in [-0.39, 0.29) is 0 Å². The van der Waals surface area contributed by atoms with E-state index in [1.165, 1.54) is 6.08 Å². The molecule has 1 atom stereocenters. The predicted octanol–water partition coefficient (Wildman–Crippen LogP) is 1.70. The third-order valence-corrected chi connectivity index (χ3v) is 1.82. The average Bonchev–Trinajstić information content (AvgIpc) is 2.32. The summed E-state index contributed by atoms with van der Waals surface area (Å²) in [6.45, 7) is 3.85. The van der Waals surface area contributed by atoms with E-state index in [1.807, 2.05) is 19.9 Å². The van der Waals surface area contributed by atoms with Crippen LogP contribution >= 0.6 is 0 Å². The topological polar surface area (TPSA) is 44.0 Å². The molecule has 0 aromatic heterocycles. The number of hydrogen-bond acceptors (Lipinski definition) is 2.